The first-order chi connectivity index (χ1) is 20.4. The van der Waals surface area contributed by atoms with Gasteiger partial charge in [-0.3, -0.25) is 19.5 Å². The Morgan fingerprint density at radius 2 is 2.07 bits per heavy atom. The minimum absolute atomic E-state index is 0.0146. The number of nitriles is 1. The van der Waals surface area contributed by atoms with Gasteiger partial charge in [0.05, 0.1) is 37.5 Å². The molecule has 0 saturated heterocycles. The number of Topliss-reactive ketones (excluding diaryl/α,β-unsaturated/α-hetero) is 1. The van der Waals surface area contributed by atoms with Gasteiger partial charge >= 0.3 is 0 Å². The number of thioether (sulfide) groups is 1. The number of allylic oxidation sites excluding steroid dienone is 3. The van der Waals surface area contributed by atoms with Crippen molar-refractivity contribution in [2.75, 3.05) is 31.4 Å². The molecule has 0 fully saturated rings. The third-order valence-corrected chi connectivity index (χ3v) is 9.07. The lowest BCUT2D eigenvalue weighted by Crippen LogP contribution is -2.38. The molecule has 5 rings (SSSR count). The number of nitrogens with one attached hydrogen (secondary N) is 1. The van der Waals surface area contributed by atoms with Crippen LogP contribution in [-0.2, 0) is 16.0 Å². The van der Waals surface area contributed by atoms with Crippen LogP contribution in [0.3, 0.4) is 0 Å². The van der Waals surface area contributed by atoms with E-state index < -0.39 is 5.92 Å². The summed E-state index contributed by atoms with van der Waals surface area (Å²) in [6, 6.07) is 11.5. The van der Waals surface area contributed by atoms with Gasteiger partial charge in [0.15, 0.2) is 21.6 Å². The number of hydrogen-bond donors (Lipinski definition) is 2. The summed E-state index contributed by atoms with van der Waals surface area (Å²) in [7, 11) is 3.17. The Bertz CT molecular complexity index is 1600. The van der Waals surface area contributed by atoms with E-state index in [2.05, 4.69) is 26.6 Å². The van der Waals surface area contributed by atoms with Crippen molar-refractivity contribution >= 4 is 39.9 Å². The summed E-state index contributed by atoms with van der Waals surface area (Å²) in [5.74, 6) is 0.948. The van der Waals surface area contributed by atoms with E-state index in [9.17, 15) is 14.9 Å². The maximum atomic E-state index is 13.2. The summed E-state index contributed by atoms with van der Waals surface area (Å²) < 4.78 is 11.2. The molecule has 1 aliphatic carbocycles. The number of anilines is 1. The van der Waals surface area contributed by atoms with Crippen LogP contribution in [0, 0.1) is 11.3 Å². The van der Waals surface area contributed by atoms with Crippen LogP contribution in [0.2, 0.25) is 0 Å². The standard InChI is InChI=1S/C29H29N7O4S2/c1-39-22-9-8-17(13-23(22)40-2)10-12-33-24(38)16-41-29-35-34-28(42-29)36-20-6-3-7-21(37)26(20)25(19(14-30)27(36)31)18-5-4-11-32-15-18/h4-5,8-9,11,13,15,25H,3,6-7,10,12,16,31H2,1-2H3,(H,33,38). The fraction of sp³-hybridized carbons (Fsp3) is 0.310. The summed E-state index contributed by atoms with van der Waals surface area (Å²) in [4.78, 5) is 31.6. The average Bonchev–Trinajstić information content (AvgIpc) is 3.48. The smallest absolute Gasteiger partial charge is 0.230 e. The van der Waals surface area contributed by atoms with Crippen LogP contribution in [0.25, 0.3) is 0 Å². The maximum absolute atomic E-state index is 13.2. The highest BCUT2D eigenvalue weighted by Crippen LogP contribution is 2.46. The largest absolute Gasteiger partial charge is 0.493 e. The van der Waals surface area contributed by atoms with Crippen LogP contribution in [0.5, 0.6) is 11.5 Å². The number of ether oxygens (including phenoxy) is 2. The highest BCUT2D eigenvalue weighted by Gasteiger charge is 2.41. The van der Waals surface area contributed by atoms with E-state index in [0.29, 0.717) is 58.8 Å². The van der Waals surface area contributed by atoms with Gasteiger partial charge in [-0.1, -0.05) is 35.2 Å². The molecule has 1 unspecified atom stereocenters. The van der Waals surface area contributed by atoms with Crippen LogP contribution >= 0.6 is 23.1 Å². The Balaban J connectivity index is 1.27. The fourth-order valence-electron chi connectivity index (χ4n) is 5.10. The second-order valence-electron chi connectivity index (χ2n) is 9.53. The van der Waals surface area contributed by atoms with Gasteiger partial charge in [-0.15, -0.1) is 10.2 Å². The van der Waals surface area contributed by atoms with E-state index in [0.717, 1.165) is 16.8 Å². The number of nitrogens with two attached hydrogens (primary N) is 1. The van der Waals surface area contributed by atoms with Crippen molar-refractivity contribution in [1.82, 2.24) is 20.5 Å². The number of pyridine rings is 1. The minimum atomic E-state index is -0.577. The van der Waals surface area contributed by atoms with E-state index in [1.807, 2.05) is 24.3 Å². The Hall–Kier alpha value is -4.41. The third kappa shape index (κ3) is 5.95. The van der Waals surface area contributed by atoms with Crippen molar-refractivity contribution in [1.29, 1.82) is 5.26 Å². The molecule has 0 bridgehead atoms. The number of rotatable bonds is 10. The topological polar surface area (TPSA) is 156 Å². The lowest BCUT2D eigenvalue weighted by molar-refractivity contribution is -0.118. The lowest BCUT2D eigenvalue weighted by Gasteiger charge is -2.37. The van der Waals surface area contributed by atoms with Crippen molar-refractivity contribution < 1.29 is 19.1 Å². The normalized spacial score (nSPS) is 16.6. The summed E-state index contributed by atoms with van der Waals surface area (Å²) in [5.41, 5.74) is 9.90. The fourth-order valence-corrected chi connectivity index (χ4v) is 6.81. The quantitative estimate of drug-likeness (QED) is 0.326. The second-order valence-corrected chi connectivity index (χ2v) is 11.7. The van der Waals surface area contributed by atoms with Gasteiger partial charge in [-0.05, 0) is 48.6 Å². The van der Waals surface area contributed by atoms with Gasteiger partial charge in [-0.25, -0.2) is 0 Å². The van der Waals surface area contributed by atoms with Crippen LogP contribution in [0.15, 0.2) is 69.7 Å². The number of aromatic nitrogens is 3. The minimum Gasteiger partial charge on any atom is -0.493 e. The Labute approximate surface area is 251 Å². The van der Waals surface area contributed by atoms with Gasteiger partial charge in [0.25, 0.3) is 0 Å². The molecule has 3 heterocycles. The number of carbonyl (C=O) groups is 2. The summed E-state index contributed by atoms with van der Waals surface area (Å²) in [6.45, 7) is 0.464. The molecule has 2 aromatic heterocycles. The molecule has 1 atom stereocenters. The van der Waals surface area contributed by atoms with Crippen molar-refractivity contribution in [2.24, 2.45) is 5.73 Å². The van der Waals surface area contributed by atoms with Gasteiger partial charge in [0, 0.05) is 36.6 Å². The number of amides is 1. The number of ketones is 1. The van der Waals surface area contributed by atoms with E-state index in [-0.39, 0.29) is 28.8 Å². The predicted molar refractivity (Wildman–Crippen MR) is 159 cm³/mol. The number of hydrogen-bond acceptors (Lipinski definition) is 12. The van der Waals surface area contributed by atoms with Gasteiger partial charge in [0.2, 0.25) is 11.0 Å². The van der Waals surface area contributed by atoms with Crippen LogP contribution < -0.4 is 25.4 Å². The van der Waals surface area contributed by atoms with Crippen molar-refractivity contribution in [3.05, 3.63) is 76.5 Å². The Morgan fingerprint density at radius 3 is 2.81 bits per heavy atom. The average molecular weight is 604 g/mol. The first-order valence-corrected chi connectivity index (χ1v) is 15.0. The number of nitrogens with zero attached hydrogens (tertiary/aromatic N) is 5. The number of carbonyl (C=O) groups excluding carboxylic acids is 2. The molecule has 1 amide bonds. The molecule has 2 aliphatic rings. The Morgan fingerprint density at radius 1 is 1.24 bits per heavy atom. The SMILES string of the molecule is COc1ccc(CCNC(=O)CSc2nnc(N3C(N)=C(C#N)C(c4cccnc4)C4=C3CCCC4=O)s2)cc1OC. The highest BCUT2D eigenvalue weighted by molar-refractivity contribution is 8.01. The van der Waals surface area contributed by atoms with Crippen molar-refractivity contribution in [3.8, 4) is 17.6 Å². The van der Waals surface area contributed by atoms with E-state index in [1.54, 1.807) is 37.6 Å². The first kappa shape index (κ1) is 29.1. The number of benzene rings is 1. The first-order valence-electron chi connectivity index (χ1n) is 13.2. The van der Waals surface area contributed by atoms with Crippen LogP contribution in [-0.4, -0.2) is 53.4 Å². The zero-order valence-corrected chi connectivity index (χ0v) is 24.8. The third-order valence-electron chi connectivity index (χ3n) is 7.03. The molecular weight excluding hydrogens is 574 g/mol. The molecule has 0 saturated carbocycles. The van der Waals surface area contributed by atoms with E-state index in [4.69, 9.17) is 15.2 Å². The van der Waals surface area contributed by atoms with Gasteiger partial charge < -0.3 is 20.5 Å². The molecule has 3 N–H and O–H groups in total. The van der Waals surface area contributed by atoms with Gasteiger partial charge in [-0.2, -0.15) is 5.26 Å². The summed E-state index contributed by atoms with van der Waals surface area (Å²) in [6.07, 6.45) is 5.64. The molecule has 13 heteroatoms. The summed E-state index contributed by atoms with van der Waals surface area (Å²) >= 11 is 2.52. The molecule has 1 aliphatic heterocycles. The van der Waals surface area contributed by atoms with E-state index in [1.165, 1.54) is 23.1 Å². The highest BCUT2D eigenvalue weighted by atomic mass is 32.2. The van der Waals surface area contributed by atoms with Crippen LogP contribution in [0.1, 0.15) is 36.3 Å². The molecule has 42 heavy (non-hydrogen) atoms. The second kappa shape index (κ2) is 13.1. The predicted octanol–water partition coefficient (Wildman–Crippen LogP) is 3.71. The lowest BCUT2D eigenvalue weighted by atomic mass is 9.76. The molecule has 1 aromatic carbocycles. The molecule has 3 aromatic rings. The molecule has 0 radical (unpaired) electrons. The Kier molecular flexibility index (Phi) is 9.04. The van der Waals surface area contributed by atoms with E-state index >= 15 is 0 Å². The molecule has 216 valence electrons. The van der Waals surface area contributed by atoms with Crippen LogP contribution in [0.4, 0.5) is 5.13 Å². The molecule has 11 nitrogen and oxygen atoms in total. The zero-order chi connectivity index (χ0) is 29.6. The summed E-state index contributed by atoms with van der Waals surface area (Å²) in [5, 5.41) is 22.1. The number of methoxy groups -OCH3 is 2. The molecular formula is C29H29N7O4S2. The monoisotopic (exact) mass is 603 g/mol. The molecule has 0 spiro atoms. The maximum Gasteiger partial charge on any atom is 0.230 e. The zero-order valence-electron chi connectivity index (χ0n) is 23.1. The van der Waals surface area contributed by atoms with Crippen molar-refractivity contribution in [3.63, 3.8) is 0 Å². The van der Waals surface area contributed by atoms with Crippen molar-refractivity contribution in [2.45, 2.75) is 35.9 Å². The van der Waals surface area contributed by atoms with Gasteiger partial charge in [0.1, 0.15) is 5.82 Å².